The van der Waals surface area contributed by atoms with Gasteiger partial charge in [0.1, 0.15) is 11.4 Å². The first-order valence-electron chi connectivity index (χ1n) is 9.68. The number of ether oxygens (including phenoxy) is 1. The third kappa shape index (κ3) is 3.61. The van der Waals surface area contributed by atoms with E-state index in [-0.39, 0.29) is 0 Å². The number of imidazole rings is 1. The molecule has 26 heavy (non-hydrogen) atoms. The van der Waals surface area contributed by atoms with Crippen LogP contribution in [-0.4, -0.2) is 40.0 Å². The third-order valence-electron chi connectivity index (χ3n) is 5.33. The number of benzene rings is 1. The van der Waals surface area contributed by atoms with Gasteiger partial charge < -0.3 is 14.0 Å². The molecule has 0 saturated carbocycles. The van der Waals surface area contributed by atoms with Crippen molar-refractivity contribution in [2.24, 2.45) is 0 Å². The number of rotatable bonds is 6. The largest absolute Gasteiger partial charge is 0.494 e. The van der Waals surface area contributed by atoms with Gasteiger partial charge in [0.2, 0.25) is 0 Å². The SMILES string of the molecule is CCOc1cccc(-c2ccn3cc(CCN4CCC[C@H]4C)nc3c2)c1. The molecule has 2 aromatic heterocycles. The summed E-state index contributed by atoms with van der Waals surface area (Å²) in [6, 6.07) is 13.3. The van der Waals surface area contributed by atoms with Crippen LogP contribution in [0.25, 0.3) is 16.8 Å². The quantitative estimate of drug-likeness (QED) is 0.659. The van der Waals surface area contributed by atoms with Crippen LogP contribution in [0.15, 0.2) is 48.8 Å². The van der Waals surface area contributed by atoms with Crippen molar-refractivity contribution in [2.45, 2.75) is 39.2 Å². The maximum Gasteiger partial charge on any atom is 0.137 e. The smallest absolute Gasteiger partial charge is 0.137 e. The van der Waals surface area contributed by atoms with Crippen molar-refractivity contribution in [3.8, 4) is 16.9 Å². The maximum atomic E-state index is 5.62. The molecule has 0 unspecified atom stereocenters. The van der Waals surface area contributed by atoms with Crippen LogP contribution in [0.1, 0.15) is 32.4 Å². The topological polar surface area (TPSA) is 29.8 Å². The predicted molar refractivity (Wildman–Crippen MR) is 106 cm³/mol. The van der Waals surface area contributed by atoms with E-state index >= 15 is 0 Å². The first-order chi connectivity index (χ1) is 12.7. The lowest BCUT2D eigenvalue weighted by molar-refractivity contribution is 0.271. The molecule has 1 fully saturated rings. The van der Waals surface area contributed by atoms with Crippen LogP contribution in [-0.2, 0) is 6.42 Å². The molecular weight excluding hydrogens is 322 g/mol. The molecule has 0 aliphatic carbocycles. The lowest BCUT2D eigenvalue weighted by Gasteiger charge is -2.19. The Labute approximate surface area is 155 Å². The molecular formula is C22H27N3O. The number of pyridine rings is 1. The zero-order valence-corrected chi connectivity index (χ0v) is 15.7. The molecule has 4 rings (SSSR count). The van der Waals surface area contributed by atoms with E-state index in [9.17, 15) is 0 Å². The van der Waals surface area contributed by atoms with Gasteiger partial charge >= 0.3 is 0 Å². The first kappa shape index (κ1) is 17.1. The highest BCUT2D eigenvalue weighted by atomic mass is 16.5. The van der Waals surface area contributed by atoms with E-state index in [1.807, 2.05) is 19.1 Å². The minimum atomic E-state index is 0.682. The summed E-state index contributed by atoms with van der Waals surface area (Å²) in [5.41, 5.74) is 4.51. The Morgan fingerprint density at radius 2 is 2.08 bits per heavy atom. The summed E-state index contributed by atoms with van der Waals surface area (Å²) in [6.45, 7) is 7.36. The van der Waals surface area contributed by atoms with Gasteiger partial charge in [-0.2, -0.15) is 0 Å². The molecule has 1 aromatic carbocycles. The summed E-state index contributed by atoms with van der Waals surface area (Å²) in [5.74, 6) is 0.911. The molecule has 4 heteroatoms. The molecule has 1 aliphatic heterocycles. The molecule has 0 amide bonds. The summed E-state index contributed by atoms with van der Waals surface area (Å²) in [4.78, 5) is 7.43. The van der Waals surface area contributed by atoms with Gasteiger partial charge in [-0.3, -0.25) is 0 Å². The lowest BCUT2D eigenvalue weighted by atomic mass is 10.1. The molecule has 0 N–H and O–H groups in total. The summed E-state index contributed by atoms with van der Waals surface area (Å²) < 4.78 is 7.75. The second-order valence-electron chi connectivity index (χ2n) is 7.15. The highest BCUT2D eigenvalue weighted by molar-refractivity contribution is 5.68. The number of likely N-dealkylation sites (tertiary alicyclic amines) is 1. The number of hydrogen-bond acceptors (Lipinski definition) is 3. The van der Waals surface area contributed by atoms with Crippen molar-refractivity contribution in [1.29, 1.82) is 0 Å². The highest BCUT2D eigenvalue weighted by Gasteiger charge is 2.19. The predicted octanol–water partition coefficient (Wildman–Crippen LogP) is 4.43. The molecule has 4 nitrogen and oxygen atoms in total. The standard InChI is InChI=1S/C22H27N3O/c1-3-26-21-8-4-7-18(14-21)19-9-12-25-16-20(23-22(25)15-19)10-13-24-11-5-6-17(24)2/h4,7-9,12,14-17H,3,5-6,10-11,13H2,1-2H3/t17-/m1/s1. The van der Waals surface area contributed by atoms with Gasteiger partial charge in [-0.05, 0) is 68.6 Å². The minimum Gasteiger partial charge on any atom is -0.494 e. The van der Waals surface area contributed by atoms with E-state index in [0.717, 1.165) is 36.0 Å². The summed E-state index contributed by atoms with van der Waals surface area (Å²) in [7, 11) is 0. The molecule has 136 valence electrons. The second kappa shape index (κ2) is 7.50. The van der Waals surface area contributed by atoms with Crippen LogP contribution in [0.2, 0.25) is 0 Å². The Balaban J connectivity index is 1.53. The molecule has 1 atom stereocenters. The Kier molecular flexibility index (Phi) is 4.93. The van der Waals surface area contributed by atoms with Crippen molar-refractivity contribution >= 4 is 5.65 Å². The number of nitrogens with zero attached hydrogens (tertiary/aromatic N) is 3. The van der Waals surface area contributed by atoms with Crippen LogP contribution in [0.4, 0.5) is 0 Å². The highest BCUT2D eigenvalue weighted by Crippen LogP contribution is 2.25. The second-order valence-corrected chi connectivity index (χ2v) is 7.15. The third-order valence-corrected chi connectivity index (χ3v) is 5.33. The van der Waals surface area contributed by atoms with Crippen molar-refractivity contribution in [2.75, 3.05) is 19.7 Å². The zero-order valence-electron chi connectivity index (χ0n) is 15.7. The average Bonchev–Trinajstić information content (AvgIpc) is 3.25. The minimum absolute atomic E-state index is 0.682. The van der Waals surface area contributed by atoms with Crippen LogP contribution in [0.3, 0.4) is 0 Å². The fourth-order valence-electron chi connectivity index (χ4n) is 3.85. The van der Waals surface area contributed by atoms with Gasteiger partial charge in [0, 0.05) is 31.4 Å². The van der Waals surface area contributed by atoms with E-state index in [1.54, 1.807) is 0 Å². The van der Waals surface area contributed by atoms with E-state index in [4.69, 9.17) is 9.72 Å². The van der Waals surface area contributed by atoms with Gasteiger partial charge in [-0.25, -0.2) is 4.98 Å². The Bertz CT molecular complexity index is 886. The summed E-state index contributed by atoms with van der Waals surface area (Å²) in [5, 5.41) is 0. The number of fused-ring (bicyclic) bond motifs is 1. The Hall–Kier alpha value is -2.33. The lowest BCUT2D eigenvalue weighted by Crippen LogP contribution is -2.29. The molecule has 1 saturated heterocycles. The van der Waals surface area contributed by atoms with Gasteiger partial charge in [0.25, 0.3) is 0 Å². The Morgan fingerprint density at radius 3 is 2.88 bits per heavy atom. The van der Waals surface area contributed by atoms with Gasteiger partial charge in [0.05, 0.1) is 12.3 Å². The molecule has 3 heterocycles. The van der Waals surface area contributed by atoms with Crippen molar-refractivity contribution in [3.05, 3.63) is 54.5 Å². The van der Waals surface area contributed by atoms with E-state index in [2.05, 4.69) is 52.9 Å². The summed E-state index contributed by atoms with van der Waals surface area (Å²) in [6.07, 6.45) is 7.94. The summed E-state index contributed by atoms with van der Waals surface area (Å²) >= 11 is 0. The zero-order chi connectivity index (χ0) is 17.9. The Morgan fingerprint density at radius 1 is 1.19 bits per heavy atom. The molecule has 0 spiro atoms. The monoisotopic (exact) mass is 349 g/mol. The van der Waals surface area contributed by atoms with Gasteiger partial charge in [-0.15, -0.1) is 0 Å². The van der Waals surface area contributed by atoms with Crippen LogP contribution >= 0.6 is 0 Å². The average molecular weight is 349 g/mol. The van der Waals surface area contributed by atoms with E-state index in [1.165, 1.54) is 30.6 Å². The number of hydrogen-bond donors (Lipinski definition) is 0. The van der Waals surface area contributed by atoms with Crippen molar-refractivity contribution in [1.82, 2.24) is 14.3 Å². The fraction of sp³-hybridized carbons (Fsp3) is 0.409. The molecule has 3 aromatic rings. The van der Waals surface area contributed by atoms with Crippen molar-refractivity contribution in [3.63, 3.8) is 0 Å². The molecule has 0 radical (unpaired) electrons. The van der Waals surface area contributed by atoms with E-state index < -0.39 is 0 Å². The van der Waals surface area contributed by atoms with Gasteiger partial charge in [0.15, 0.2) is 0 Å². The normalized spacial score (nSPS) is 17.8. The first-order valence-corrected chi connectivity index (χ1v) is 9.68. The van der Waals surface area contributed by atoms with Crippen LogP contribution < -0.4 is 4.74 Å². The van der Waals surface area contributed by atoms with E-state index in [0.29, 0.717) is 6.61 Å². The molecule has 0 bridgehead atoms. The van der Waals surface area contributed by atoms with Gasteiger partial charge in [-0.1, -0.05) is 12.1 Å². The van der Waals surface area contributed by atoms with Crippen molar-refractivity contribution < 1.29 is 4.74 Å². The fourth-order valence-corrected chi connectivity index (χ4v) is 3.85. The van der Waals surface area contributed by atoms with Crippen LogP contribution in [0.5, 0.6) is 5.75 Å². The molecule has 1 aliphatic rings. The maximum absolute atomic E-state index is 5.62. The number of aromatic nitrogens is 2. The van der Waals surface area contributed by atoms with Crippen LogP contribution in [0, 0.1) is 0 Å².